The van der Waals surface area contributed by atoms with E-state index in [0.29, 0.717) is 0 Å². The minimum Gasteiger partial charge on any atom is -0.309 e. The second kappa shape index (κ2) is 4.97. The van der Waals surface area contributed by atoms with Crippen LogP contribution in [0.3, 0.4) is 0 Å². The highest BCUT2D eigenvalue weighted by molar-refractivity contribution is 9.11. The van der Waals surface area contributed by atoms with Crippen LogP contribution in [0.1, 0.15) is 0 Å². The van der Waals surface area contributed by atoms with Crippen LogP contribution in [0.15, 0.2) is 69.9 Å². The van der Waals surface area contributed by atoms with Crippen LogP contribution >= 0.6 is 31.9 Å². The second-order valence-corrected chi connectivity index (χ2v) is 6.70. The Morgan fingerprint density at radius 2 is 1.52 bits per heavy atom. The Bertz CT molecular complexity index is 900. The maximum absolute atomic E-state index is 4.27. The lowest BCUT2D eigenvalue weighted by Crippen LogP contribution is -1.93. The Labute approximate surface area is 138 Å². The normalized spacial score (nSPS) is 11.3. The van der Waals surface area contributed by atoms with Crippen LogP contribution in [0.4, 0.5) is 0 Å². The predicted molar refractivity (Wildman–Crippen MR) is 94.0 cm³/mol. The van der Waals surface area contributed by atoms with Gasteiger partial charge in [0.15, 0.2) is 0 Å². The summed E-state index contributed by atoms with van der Waals surface area (Å²) in [6.07, 6.45) is 3.77. The largest absolute Gasteiger partial charge is 0.309 e. The van der Waals surface area contributed by atoms with Gasteiger partial charge in [-0.3, -0.25) is 4.98 Å². The van der Waals surface area contributed by atoms with Gasteiger partial charge in [-0.15, -0.1) is 0 Å². The van der Waals surface area contributed by atoms with Crippen LogP contribution < -0.4 is 0 Å². The minimum absolute atomic E-state index is 1.05. The molecule has 102 valence electrons. The molecule has 0 aliphatic carbocycles. The number of para-hydroxylation sites is 1. The van der Waals surface area contributed by atoms with Gasteiger partial charge < -0.3 is 4.57 Å². The molecule has 2 nitrogen and oxygen atoms in total. The summed E-state index contributed by atoms with van der Waals surface area (Å²) >= 11 is 7.14. The summed E-state index contributed by atoms with van der Waals surface area (Å²) in [5, 5.41) is 2.39. The molecule has 21 heavy (non-hydrogen) atoms. The molecule has 4 aromatic rings. The first kappa shape index (κ1) is 13.0. The number of rotatable bonds is 1. The van der Waals surface area contributed by atoms with Crippen LogP contribution in [0.2, 0.25) is 0 Å². The number of pyridine rings is 1. The zero-order chi connectivity index (χ0) is 14.4. The van der Waals surface area contributed by atoms with Gasteiger partial charge in [-0.05, 0) is 30.3 Å². The van der Waals surface area contributed by atoms with Gasteiger partial charge >= 0.3 is 0 Å². The minimum atomic E-state index is 1.05. The van der Waals surface area contributed by atoms with Crippen LogP contribution in [-0.2, 0) is 0 Å². The van der Waals surface area contributed by atoms with Crippen molar-refractivity contribution in [2.45, 2.75) is 0 Å². The van der Waals surface area contributed by atoms with Crippen LogP contribution in [-0.4, -0.2) is 9.55 Å². The highest BCUT2D eigenvalue weighted by atomic mass is 79.9. The molecule has 0 saturated carbocycles. The van der Waals surface area contributed by atoms with Gasteiger partial charge in [0, 0.05) is 37.8 Å². The van der Waals surface area contributed by atoms with Crippen molar-refractivity contribution in [3.05, 3.63) is 69.9 Å². The number of aromatic nitrogens is 2. The van der Waals surface area contributed by atoms with Crippen LogP contribution in [0, 0.1) is 0 Å². The average molecular weight is 402 g/mol. The van der Waals surface area contributed by atoms with E-state index < -0.39 is 0 Å². The Hall–Kier alpha value is -1.65. The monoisotopic (exact) mass is 400 g/mol. The van der Waals surface area contributed by atoms with Crippen molar-refractivity contribution >= 4 is 53.7 Å². The zero-order valence-electron chi connectivity index (χ0n) is 10.9. The van der Waals surface area contributed by atoms with Crippen LogP contribution in [0.25, 0.3) is 27.5 Å². The van der Waals surface area contributed by atoms with E-state index in [1.54, 1.807) is 0 Å². The number of hydrogen-bond acceptors (Lipinski definition) is 1. The summed E-state index contributed by atoms with van der Waals surface area (Å²) in [6, 6.07) is 16.8. The van der Waals surface area contributed by atoms with Gasteiger partial charge in [-0.1, -0.05) is 50.1 Å². The lowest BCUT2D eigenvalue weighted by atomic mass is 10.2. The van der Waals surface area contributed by atoms with Crippen LogP contribution in [0.5, 0.6) is 0 Å². The number of fused-ring (bicyclic) bond motifs is 3. The Balaban J connectivity index is 2.20. The third-order valence-corrected chi connectivity index (χ3v) is 4.50. The zero-order valence-corrected chi connectivity index (χ0v) is 14.1. The van der Waals surface area contributed by atoms with E-state index in [0.717, 1.165) is 20.1 Å². The van der Waals surface area contributed by atoms with Crippen molar-refractivity contribution in [1.29, 1.82) is 0 Å². The molecule has 4 heteroatoms. The number of hydrogen-bond donors (Lipinski definition) is 0. The first-order valence-corrected chi connectivity index (χ1v) is 8.12. The molecule has 0 radical (unpaired) electrons. The molecule has 0 amide bonds. The van der Waals surface area contributed by atoms with Gasteiger partial charge in [0.25, 0.3) is 0 Å². The standard InChI is InChI=1S/C17H10Br2N2/c18-11-7-12(19)9-13(8-11)21-16-4-2-1-3-14(16)15-10-20-6-5-17(15)21/h1-10H. The van der Waals surface area contributed by atoms with E-state index in [1.165, 1.54) is 16.3 Å². The van der Waals surface area contributed by atoms with Crippen molar-refractivity contribution in [2.75, 3.05) is 0 Å². The van der Waals surface area contributed by atoms with Crippen molar-refractivity contribution in [3.63, 3.8) is 0 Å². The molecule has 0 N–H and O–H groups in total. The molecule has 2 aromatic carbocycles. The molecule has 2 heterocycles. The van der Waals surface area contributed by atoms with E-state index in [1.807, 2.05) is 18.5 Å². The molecule has 0 atom stereocenters. The molecule has 0 bridgehead atoms. The molecule has 4 rings (SSSR count). The Morgan fingerprint density at radius 1 is 0.810 bits per heavy atom. The number of benzene rings is 2. The summed E-state index contributed by atoms with van der Waals surface area (Å²) in [5.74, 6) is 0. The van der Waals surface area contributed by atoms with Gasteiger partial charge in [-0.2, -0.15) is 0 Å². The summed E-state index contributed by atoms with van der Waals surface area (Å²) in [5.41, 5.74) is 3.47. The summed E-state index contributed by atoms with van der Waals surface area (Å²) in [6.45, 7) is 0. The molecule has 0 unspecified atom stereocenters. The fourth-order valence-electron chi connectivity index (χ4n) is 2.76. The van der Waals surface area contributed by atoms with E-state index in [4.69, 9.17) is 0 Å². The van der Waals surface area contributed by atoms with Crippen molar-refractivity contribution in [1.82, 2.24) is 9.55 Å². The van der Waals surface area contributed by atoms with Gasteiger partial charge in [0.1, 0.15) is 0 Å². The first-order valence-electron chi connectivity index (χ1n) is 6.54. The number of nitrogens with zero attached hydrogens (tertiary/aromatic N) is 2. The van der Waals surface area contributed by atoms with E-state index in [-0.39, 0.29) is 0 Å². The topological polar surface area (TPSA) is 17.8 Å². The van der Waals surface area contributed by atoms with Gasteiger partial charge in [-0.25, -0.2) is 0 Å². The highest BCUT2D eigenvalue weighted by Crippen LogP contribution is 2.33. The third kappa shape index (κ3) is 2.10. The number of halogens is 2. The fourth-order valence-corrected chi connectivity index (χ4v) is 4.03. The van der Waals surface area contributed by atoms with Crippen molar-refractivity contribution in [2.24, 2.45) is 0 Å². The smallest absolute Gasteiger partial charge is 0.0571 e. The maximum Gasteiger partial charge on any atom is 0.0571 e. The lowest BCUT2D eigenvalue weighted by Gasteiger charge is -2.09. The van der Waals surface area contributed by atoms with Crippen molar-refractivity contribution in [3.8, 4) is 5.69 Å². The SMILES string of the molecule is Brc1cc(Br)cc(-n2c3ccccc3c3cnccc32)c1. The lowest BCUT2D eigenvalue weighted by molar-refractivity contribution is 1.17. The summed E-state index contributed by atoms with van der Waals surface area (Å²) in [7, 11) is 0. The van der Waals surface area contributed by atoms with E-state index in [9.17, 15) is 0 Å². The quantitative estimate of drug-likeness (QED) is 0.399. The second-order valence-electron chi connectivity index (χ2n) is 4.87. The van der Waals surface area contributed by atoms with E-state index >= 15 is 0 Å². The molecule has 0 aliphatic heterocycles. The predicted octanol–water partition coefficient (Wildman–Crippen LogP) is 5.70. The molecule has 2 aromatic heterocycles. The molecule has 0 spiro atoms. The molecular weight excluding hydrogens is 392 g/mol. The highest BCUT2D eigenvalue weighted by Gasteiger charge is 2.12. The molecular formula is C17H10Br2N2. The maximum atomic E-state index is 4.27. The van der Waals surface area contributed by atoms with Gasteiger partial charge in [0.2, 0.25) is 0 Å². The summed E-state index contributed by atoms with van der Waals surface area (Å²) < 4.78 is 4.36. The van der Waals surface area contributed by atoms with E-state index in [2.05, 4.69) is 83.9 Å². The fraction of sp³-hybridized carbons (Fsp3) is 0. The molecule has 0 saturated heterocycles. The molecule has 0 aliphatic rings. The summed E-state index contributed by atoms with van der Waals surface area (Å²) in [4.78, 5) is 4.27. The van der Waals surface area contributed by atoms with Gasteiger partial charge in [0.05, 0.1) is 11.0 Å². The Kier molecular flexibility index (Phi) is 3.08. The average Bonchev–Trinajstić information content (AvgIpc) is 2.81. The Morgan fingerprint density at radius 3 is 2.33 bits per heavy atom. The molecule has 0 fully saturated rings. The third-order valence-electron chi connectivity index (χ3n) is 3.58. The van der Waals surface area contributed by atoms with Crippen molar-refractivity contribution < 1.29 is 0 Å². The first-order chi connectivity index (χ1) is 10.2.